The van der Waals surface area contributed by atoms with Gasteiger partial charge < -0.3 is 20.1 Å². The van der Waals surface area contributed by atoms with E-state index >= 15 is 0 Å². The zero-order chi connectivity index (χ0) is 22.2. The number of fused-ring (bicyclic) bond motifs is 3. The summed E-state index contributed by atoms with van der Waals surface area (Å²) < 4.78 is 5.55. The molecule has 2 aliphatic rings. The number of carboxylic acids is 1. The summed E-state index contributed by atoms with van der Waals surface area (Å²) in [7, 11) is 0. The number of alkyl carbamates (subject to hydrolysis) is 1. The molecule has 0 bridgehead atoms. The van der Waals surface area contributed by atoms with Gasteiger partial charge in [-0.05, 0) is 48.9 Å². The number of carbonyl (C=O) groups is 3. The zero-order valence-electron chi connectivity index (χ0n) is 17.6. The van der Waals surface area contributed by atoms with Crippen LogP contribution in [0.3, 0.4) is 0 Å². The highest BCUT2D eigenvalue weighted by molar-refractivity contribution is 5.94. The molecule has 0 spiro atoms. The molecule has 0 saturated heterocycles. The monoisotopic (exact) mass is 422 g/mol. The Morgan fingerprint density at radius 2 is 1.61 bits per heavy atom. The highest BCUT2D eigenvalue weighted by atomic mass is 16.5. The number of nitrogens with zero attached hydrogens (tertiary/aromatic N) is 1. The van der Waals surface area contributed by atoms with Gasteiger partial charge in [0.2, 0.25) is 5.91 Å². The average molecular weight is 422 g/mol. The smallest absolute Gasteiger partial charge is 0.408 e. The summed E-state index contributed by atoms with van der Waals surface area (Å²) in [5, 5.41) is 11.8. The van der Waals surface area contributed by atoms with Crippen molar-refractivity contribution in [2.75, 3.05) is 13.2 Å². The first-order chi connectivity index (χ1) is 14.8. The van der Waals surface area contributed by atoms with Crippen molar-refractivity contribution in [3.8, 4) is 11.1 Å². The first-order valence-electron chi connectivity index (χ1n) is 10.5. The van der Waals surface area contributed by atoms with Crippen LogP contribution in [0.25, 0.3) is 11.1 Å². The fourth-order valence-electron chi connectivity index (χ4n) is 4.26. The molecule has 1 saturated carbocycles. The molecule has 0 aromatic heterocycles. The van der Waals surface area contributed by atoms with E-state index in [1.807, 2.05) is 36.4 Å². The fraction of sp³-hybridized carbons (Fsp3) is 0.375. The number of hydrogen-bond donors (Lipinski definition) is 2. The van der Waals surface area contributed by atoms with Crippen LogP contribution in [0.1, 0.15) is 43.7 Å². The Balaban J connectivity index is 1.43. The summed E-state index contributed by atoms with van der Waals surface area (Å²) in [5.41, 5.74) is 3.44. The average Bonchev–Trinajstić information content (AvgIpc) is 3.45. The lowest BCUT2D eigenvalue weighted by Gasteiger charge is -2.29. The fourth-order valence-corrected chi connectivity index (χ4v) is 4.26. The number of benzene rings is 2. The molecule has 2 aliphatic carbocycles. The minimum Gasteiger partial charge on any atom is -0.480 e. The lowest BCUT2D eigenvalue weighted by molar-refractivity contribution is -0.147. The highest BCUT2D eigenvalue weighted by Gasteiger charge is 2.54. The van der Waals surface area contributed by atoms with Crippen molar-refractivity contribution in [2.45, 2.75) is 44.2 Å². The summed E-state index contributed by atoms with van der Waals surface area (Å²) in [6.07, 6.45) is 0.282. The van der Waals surface area contributed by atoms with Crippen LogP contribution in [0.2, 0.25) is 0 Å². The predicted octanol–water partition coefficient (Wildman–Crippen LogP) is 3.38. The van der Waals surface area contributed by atoms with Crippen LogP contribution in [0.4, 0.5) is 4.79 Å². The summed E-state index contributed by atoms with van der Waals surface area (Å²) in [5.74, 6) is -1.53. The Bertz CT molecular complexity index is 983. The van der Waals surface area contributed by atoms with Crippen LogP contribution in [-0.4, -0.2) is 52.7 Å². The molecule has 1 fully saturated rings. The molecular weight excluding hydrogens is 396 g/mol. The molecule has 2 aromatic rings. The number of ether oxygens (including phenoxy) is 1. The van der Waals surface area contributed by atoms with E-state index in [1.165, 1.54) is 4.90 Å². The SMILES string of the molecule is CC(C)N(CC(=O)O)C(=O)C1(NC(=O)OCC2c3ccccc3-c3ccccc32)CC1. The Morgan fingerprint density at radius 3 is 2.10 bits per heavy atom. The van der Waals surface area contributed by atoms with Crippen molar-refractivity contribution < 1.29 is 24.2 Å². The lowest BCUT2D eigenvalue weighted by atomic mass is 9.98. The third-order valence-corrected chi connectivity index (χ3v) is 6.03. The van der Waals surface area contributed by atoms with Gasteiger partial charge in [-0.15, -0.1) is 0 Å². The lowest BCUT2D eigenvalue weighted by Crippen LogP contribution is -2.54. The molecule has 2 aromatic carbocycles. The van der Waals surface area contributed by atoms with E-state index < -0.39 is 24.1 Å². The van der Waals surface area contributed by atoms with Crippen LogP contribution in [0.15, 0.2) is 48.5 Å². The van der Waals surface area contributed by atoms with Gasteiger partial charge in [0.15, 0.2) is 0 Å². The Kier molecular flexibility index (Phi) is 5.43. The van der Waals surface area contributed by atoms with Crippen LogP contribution >= 0.6 is 0 Å². The van der Waals surface area contributed by atoms with Gasteiger partial charge in [0.1, 0.15) is 18.7 Å². The molecule has 7 heteroatoms. The van der Waals surface area contributed by atoms with Crippen molar-refractivity contribution in [1.29, 1.82) is 0 Å². The maximum absolute atomic E-state index is 12.9. The molecule has 0 unspecified atom stereocenters. The van der Waals surface area contributed by atoms with Gasteiger partial charge in [-0.1, -0.05) is 48.5 Å². The molecule has 4 rings (SSSR count). The van der Waals surface area contributed by atoms with Crippen molar-refractivity contribution in [1.82, 2.24) is 10.2 Å². The van der Waals surface area contributed by atoms with Crippen molar-refractivity contribution in [2.24, 2.45) is 0 Å². The van der Waals surface area contributed by atoms with Gasteiger partial charge in [-0.3, -0.25) is 9.59 Å². The molecule has 0 aliphatic heterocycles. The van der Waals surface area contributed by atoms with Gasteiger partial charge in [-0.25, -0.2) is 4.79 Å². The number of nitrogens with one attached hydrogen (secondary N) is 1. The maximum atomic E-state index is 12.9. The number of aliphatic carboxylic acids is 1. The molecule has 0 heterocycles. The third kappa shape index (κ3) is 4.00. The molecule has 31 heavy (non-hydrogen) atoms. The predicted molar refractivity (Wildman–Crippen MR) is 115 cm³/mol. The van der Waals surface area contributed by atoms with Gasteiger partial charge in [0, 0.05) is 12.0 Å². The molecule has 162 valence electrons. The summed E-state index contributed by atoms with van der Waals surface area (Å²) >= 11 is 0. The second kappa shape index (κ2) is 8.06. The van der Waals surface area contributed by atoms with E-state index in [0.29, 0.717) is 12.8 Å². The minimum absolute atomic E-state index is 0.0665. The maximum Gasteiger partial charge on any atom is 0.408 e. The Morgan fingerprint density at radius 1 is 1.06 bits per heavy atom. The molecule has 7 nitrogen and oxygen atoms in total. The van der Waals surface area contributed by atoms with Crippen LogP contribution in [0.5, 0.6) is 0 Å². The Labute approximate surface area is 181 Å². The van der Waals surface area contributed by atoms with Gasteiger partial charge in [-0.2, -0.15) is 0 Å². The largest absolute Gasteiger partial charge is 0.480 e. The minimum atomic E-state index is -1.08. The number of amides is 2. The molecule has 2 N–H and O–H groups in total. The molecular formula is C24H26N2O5. The Hall–Kier alpha value is -3.35. The van der Waals surface area contributed by atoms with Crippen molar-refractivity contribution >= 4 is 18.0 Å². The van der Waals surface area contributed by atoms with Crippen LogP contribution in [0, 0.1) is 0 Å². The number of hydrogen-bond acceptors (Lipinski definition) is 4. The number of carbonyl (C=O) groups excluding carboxylic acids is 2. The summed E-state index contributed by atoms with van der Waals surface area (Å²) in [4.78, 5) is 37.9. The first kappa shape index (κ1) is 20.9. The molecule has 2 amide bonds. The van der Waals surface area contributed by atoms with E-state index in [-0.39, 0.29) is 24.5 Å². The van der Waals surface area contributed by atoms with Crippen molar-refractivity contribution in [3.63, 3.8) is 0 Å². The standard InChI is InChI=1S/C24H26N2O5/c1-15(2)26(13-21(27)28)22(29)24(11-12-24)25-23(30)31-14-20-18-9-5-3-7-16(18)17-8-4-6-10-19(17)20/h3-10,15,20H,11-14H2,1-2H3,(H,25,30)(H,27,28). The number of carboxylic acid groups (broad SMARTS) is 1. The molecule has 0 radical (unpaired) electrons. The van der Waals surface area contributed by atoms with E-state index in [2.05, 4.69) is 17.4 Å². The highest BCUT2D eigenvalue weighted by Crippen LogP contribution is 2.44. The van der Waals surface area contributed by atoms with E-state index in [9.17, 15) is 14.4 Å². The quantitative estimate of drug-likeness (QED) is 0.713. The summed E-state index contributed by atoms with van der Waals surface area (Å²) in [6.45, 7) is 3.27. The number of rotatable bonds is 7. The van der Waals surface area contributed by atoms with Gasteiger partial charge in [0.25, 0.3) is 0 Å². The van der Waals surface area contributed by atoms with E-state index in [4.69, 9.17) is 9.84 Å². The second-order valence-electron chi connectivity index (χ2n) is 8.45. The topological polar surface area (TPSA) is 95.9 Å². The van der Waals surface area contributed by atoms with E-state index in [0.717, 1.165) is 22.3 Å². The second-order valence-corrected chi connectivity index (χ2v) is 8.45. The van der Waals surface area contributed by atoms with Crippen LogP contribution < -0.4 is 5.32 Å². The van der Waals surface area contributed by atoms with Crippen molar-refractivity contribution in [3.05, 3.63) is 59.7 Å². The third-order valence-electron chi connectivity index (χ3n) is 6.03. The van der Waals surface area contributed by atoms with E-state index in [1.54, 1.807) is 13.8 Å². The van der Waals surface area contributed by atoms with Gasteiger partial charge in [0.05, 0.1) is 0 Å². The molecule has 0 atom stereocenters. The summed E-state index contributed by atoms with van der Waals surface area (Å²) in [6, 6.07) is 15.8. The van der Waals surface area contributed by atoms with Gasteiger partial charge >= 0.3 is 12.1 Å². The normalized spacial score (nSPS) is 15.7. The zero-order valence-corrected chi connectivity index (χ0v) is 17.6. The van der Waals surface area contributed by atoms with Crippen LogP contribution in [-0.2, 0) is 14.3 Å². The first-order valence-corrected chi connectivity index (χ1v) is 10.5.